The summed E-state index contributed by atoms with van der Waals surface area (Å²) >= 11 is 10.0. The highest BCUT2D eigenvalue weighted by atomic mass is 79.9. The number of esters is 1. The van der Waals surface area contributed by atoms with Crippen LogP contribution in [-0.2, 0) is 64.6 Å². The molecule has 0 amide bonds. The normalized spacial score (nSPS) is 11.9. The first kappa shape index (κ1) is 113. The largest absolute Gasteiger partial charge is 0.497 e. The van der Waals surface area contributed by atoms with Crippen molar-refractivity contribution < 1.29 is 90.7 Å². The lowest BCUT2D eigenvalue weighted by molar-refractivity contribution is -0.142. The van der Waals surface area contributed by atoms with Gasteiger partial charge in [-0.05, 0) is 320 Å². The van der Waals surface area contributed by atoms with Crippen molar-refractivity contribution in [1.29, 1.82) is 0 Å². The molecule has 1 N–H and O–H groups in total. The molecular formula is C120H125Br3O19. The lowest BCUT2D eigenvalue weighted by atomic mass is 9.89. The zero-order valence-electron chi connectivity index (χ0n) is 83.4. The molecule has 13 aromatic carbocycles. The Balaban J connectivity index is 0.000000203. The number of alkyl halides is 1. The third-order valence-corrected chi connectivity index (χ3v) is 26.0. The van der Waals surface area contributed by atoms with Gasteiger partial charge < -0.3 is 66.7 Å². The van der Waals surface area contributed by atoms with Gasteiger partial charge in [-0.3, -0.25) is 24.0 Å². The lowest BCUT2D eigenvalue weighted by Crippen LogP contribution is -2.17. The molecule has 0 bridgehead atoms. The summed E-state index contributed by atoms with van der Waals surface area (Å²) in [5, 5.41) is 10.5. The number of benzene rings is 13. The average Bonchev–Trinajstić information content (AvgIpc) is 1.61. The molecule has 0 saturated carbocycles. The number of ketones is 1. The van der Waals surface area contributed by atoms with Crippen LogP contribution in [0.2, 0.25) is 0 Å². The topological polar surface area (TPSA) is 226 Å². The van der Waals surface area contributed by atoms with Crippen LogP contribution >= 0.6 is 47.8 Å². The lowest BCUT2D eigenvalue weighted by Gasteiger charge is -2.17. The van der Waals surface area contributed by atoms with Gasteiger partial charge in [0.15, 0.2) is 18.4 Å². The van der Waals surface area contributed by atoms with E-state index in [1.165, 1.54) is 62.8 Å². The zero-order chi connectivity index (χ0) is 103. The minimum Gasteiger partial charge on any atom is -0.497 e. The summed E-state index contributed by atoms with van der Waals surface area (Å²) in [6, 6.07) is 83.5. The van der Waals surface area contributed by atoms with E-state index < -0.39 is 17.8 Å². The molecule has 0 heterocycles. The maximum atomic E-state index is 12.8. The number of aryl methyl sites for hydroxylation is 3. The number of hydrogen-bond acceptors (Lipinski definition) is 18. The molecule has 2 aliphatic carbocycles. The fourth-order valence-electron chi connectivity index (χ4n) is 15.9. The van der Waals surface area contributed by atoms with Crippen molar-refractivity contribution in [3.63, 3.8) is 0 Å². The molecule has 0 radical (unpaired) electrons. The molecule has 13 aromatic rings. The number of hydrogen-bond donors (Lipinski definition) is 1. The Hall–Kier alpha value is -14.5. The van der Waals surface area contributed by atoms with Crippen molar-refractivity contribution in [3.05, 3.63) is 413 Å². The van der Waals surface area contributed by atoms with Crippen molar-refractivity contribution in [1.82, 2.24) is 0 Å². The molecule has 3 unspecified atom stereocenters. The fraction of sp³-hybridized carbons (Fsp3) is 0.225. The second-order valence-electron chi connectivity index (χ2n) is 31.8. The Labute approximate surface area is 861 Å². The van der Waals surface area contributed by atoms with Gasteiger partial charge in [0.25, 0.3) is 0 Å². The van der Waals surface area contributed by atoms with Gasteiger partial charge in [-0.15, -0.1) is 0 Å². The Morgan fingerprint density at radius 1 is 0.359 bits per heavy atom. The van der Waals surface area contributed by atoms with Gasteiger partial charge in [-0.2, -0.15) is 0 Å². The van der Waals surface area contributed by atoms with E-state index >= 15 is 0 Å². The number of allylic oxidation sites excluding steroid dienone is 1. The second kappa shape index (κ2) is 58.6. The van der Waals surface area contributed by atoms with Crippen LogP contribution in [0, 0.1) is 0 Å². The third-order valence-electron chi connectivity index (χ3n) is 23.9. The minimum atomic E-state index is -0.826. The molecule has 142 heavy (non-hydrogen) atoms. The first-order valence-corrected chi connectivity index (χ1v) is 48.4. The number of rotatable bonds is 33. The first-order chi connectivity index (χ1) is 68.8. The third kappa shape index (κ3) is 31.3. The molecule has 0 saturated heterocycles. The molecule has 0 aliphatic heterocycles. The van der Waals surface area contributed by atoms with Gasteiger partial charge in [0.1, 0.15) is 69.0 Å². The quantitative estimate of drug-likeness (QED) is 0.0229. The number of aliphatic carboxylic acids is 1. The van der Waals surface area contributed by atoms with Crippen LogP contribution in [0.15, 0.2) is 296 Å². The molecule has 0 spiro atoms. The van der Waals surface area contributed by atoms with E-state index in [1.807, 2.05) is 164 Å². The van der Waals surface area contributed by atoms with Crippen LogP contribution in [0.25, 0.3) is 35.5 Å². The van der Waals surface area contributed by atoms with Gasteiger partial charge in [-0.25, -0.2) is 0 Å². The molecule has 740 valence electrons. The number of ether oxygens (including phenoxy) is 13. The number of carbonyl (C=O) groups excluding carboxylic acids is 4. The summed E-state index contributed by atoms with van der Waals surface area (Å²) in [7, 11) is 21.1. The van der Waals surface area contributed by atoms with Crippen LogP contribution in [0.3, 0.4) is 0 Å². The summed E-state index contributed by atoms with van der Waals surface area (Å²) in [5.41, 5.74) is 24.7. The monoisotopic (exact) mass is 2110 g/mol. The van der Waals surface area contributed by atoms with Crippen molar-refractivity contribution in [2.45, 2.75) is 88.8 Å². The minimum absolute atomic E-state index is 0.0988. The molecule has 15 rings (SSSR count). The van der Waals surface area contributed by atoms with Gasteiger partial charge in [-0.1, -0.05) is 216 Å². The number of carbonyl (C=O) groups is 5. The van der Waals surface area contributed by atoms with Gasteiger partial charge in [0.2, 0.25) is 0 Å². The van der Waals surface area contributed by atoms with E-state index in [-0.39, 0.29) is 17.7 Å². The highest BCUT2D eigenvalue weighted by Crippen LogP contribution is 2.46. The molecule has 19 nitrogen and oxygen atoms in total. The predicted octanol–water partition coefficient (Wildman–Crippen LogP) is 27.8. The average molecular weight is 2110 g/mol. The van der Waals surface area contributed by atoms with Crippen LogP contribution in [0.5, 0.6) is 69.0 Å². The number of Topliss-reactive ketones (excluding diaryl/α,β-unsaturated/α-hetero) is 1. The van der Waals surface area contributed by atoms with Crippen LogP contribution in [0.4, 0.5) is 0 Å². The van der Waals surface area contributed by atoms with E-state index in [4.69, 9.17) is 61.6 Å². The number of carboxylic acid groups (broad SMARTS) is 1. The smallest absolute Gasteiger partial charge is 0.313 e. The summed E-state index contributed by atoms with van der Waals surface area (Å²) < 4.78 is 69.1. The summed E-state index contributed by atoms with van der Waals surface area (Å²) in [5.74, 6) is 7.55. The number of methoxy groups -OCH3 is 13. The van der Waals surface area contributed by atoms with E-state index in [0.717, 1.165) is 183 Å². The standard InChI is InChI=1S/C25H24O2.C20H22O4.C19H22O4.C19H20O3.C10H11BrO.C10H10O2.C9H9BrO.C8H7BrO2/c1-4-17-14-21(27-3)15-24-22(17)16-23(18-10-12-20(26-2)13-11-18)25(24)19-8-6-5-7-9-19;1-5-14-12-18(23-3)11-8-16(14)13-19(20(21)24-4)15-6-9-17(22-2)10-7-15;1-4-13-11-17(23-3)10-7-15(13)12-18(19(20)21)14-5-8-16(22-2)9-6-14;1-4-12-9-15(22-3)10-18-16(12)11-17(19(18)20)13-5-7-14(21-2)8-6-13;2*1-3-8-6-10(12-2)5-4-9(8)7-11;1-3-7-6-8(11-2)4-5-9(7)10;1-11-7-2-3-8(9)6(4-7)5-10/h5-15H,4,16H2,1-3H3;5-12,19H,1,13H2,2-4H3;5-11,18H,4,12H2,1-3H3,(H,20,21);5-10,17H,4,11H2,1-3H3;3-6H,1,7H2,2H3;3-7H,1H2,2H3;3-6H,1H2,2H3;2-5H,1H3. The molecule has 0 fully saturated rings. The van der Waals surface area contributed by atoms with Crippen LogP contribution in [-0.4, -0.2) is 128 Å². The summed E-state index contributed by atoms with van der Waals surface area (Å²) in [4.78, 5) is 57.7. The van der Waals surface area contributed by atoms with Crippen molar-refractivity contribution in [3.8, 4) is 69.0 Å². The predicted molar refractivity (Wildman–Crippen MR) is 583 cm³/mol. The van der Waals surface area contributed by atoms with Gasteiger partial charge in [0.05, 0.1) is 110 Å². The van der Waals surface area contributed by atoms with Crippen molar-refractivity contribution in [2.24, 2.45) is 0 Å². The Morgan fingerprint density at radius 3 is 1.17 bits per heavy atom. The molecule has 0 aromatic heterocycles. The molecule has 3 atom stereocenters. The van der Waals surface area contributed by atoms with E-state index in [0.29, 0.717) is 29.7 Å². The van der Waals surface area contributed by atoms with Gasteiger partial charge >= 0.3 is 11.9 Å². The Kier molecular flexibility index (Phi) is 46.5. The van der Waals surface area contributed by atoms with Gasteiger partial charge in [0, 0.05) is 31.0 Å². The Morgan fingerprint density at radius 2 is 0.725 bits per heavy atom. The zero-order valence-corrected chi connectivity index (χ0v) is 88.2. The molecular weight excluding hydrogens is 1990 g/mol. The fourth-order valence-corrected chi connectivity index (χ4v) is 17.2. The second-order valence-corrected chi connectivity index (χ2v) is 34.1. The number of aldehydes is 2. The molecule has 2 aliphatic rings. The van der Waals surface area contributed by atoms with E-state index in [2.05, 4.69) is 149 Å². The van der Waals surface area contributed by atoms with Crippen molar-refractivity contribution >= 4 is 114 Å². The maximum absolute atomic E-state index is 12.8. The highest BCUT2D eigenvalue weighted by molar-refractivity contribution is 9.11. The first-order valence-electron chi connectivity index (χ1n) is 45.7. The summed E-state index contributed by atoms with van der Waals surface area (Å²) in [6.45, 7) is 21.2. The van der Waals surface area contributed by atoms with E-state index in [9.17, 15) is 29.1 Å². The number of fused-ring (bicyclic) bond motifs is 2. The van der Waals surface area contributed by atoms with E-state index in [1.54, 1.807) is 152 Å². The SMILES string of the molecule is C=Cc1cc(OC)ccc1Br.C=Cc1cc(OC)ccc1C=O.C=Cc1cc(OC)ccc1CBr.C=Cc1cc(OC)ccc1CC(C(=O)OC)c1ccc(OC)cc1.CCc1cc(OC)cc2c1CC(c1ccc(OC)cc1)=C2c1ccccc1.CCc1cc(OC)cc2c1CC(c1ccc(OC)cc1)C2=O.CCc1cc(OC)ccc1CC(C(=O)O)c1ccc(OC)cc1.COc1ccc(Br)c(C=O)c1. The summed E-state index contributed by atoms with van der Waals surface area (Å²) in [6.07, 6.45) is 14.0. The van der Waals surface area contributed by atoms with Crippen LogP contribution in [0.1, 0.15) is 170 Å². The highest BCUT2D eigenvalue weighted by Gasteiger charge is 2.35. The Bertz CT molecular complexity index is 6350. The van der Waals surface area contributed by atoms with Crippen molar-refractivity contribution in [2.75, 3.05) is 92.4 Å². The van der Waals surface area contributed by atoms with Crippen LogP contribution < -0.4 is 56.8 Å². The number of carboxylic acids is 1. The maximum Gasteiger partial charge on any atom is 0.313 e. The molecule has 22 heteroatoms. The number of halogens is 3.